The van der Waals surface area contributed by atoms with Gasteiger partial charge in [0.25, 0.3) is 0 Å². The van der Waals surface area contributed by atoms with Gasteiger partial charge in [-0.1, -0.05) is 25.6 Å². The van der Waals surface area contributed by atoms with Crippen molar-refractivity contribution >= 4 is 41.7 Å². The van der Waals surface area contributed by atoms with E-state index in [0.29, 0.717) is 12.5 Å². The molecule has 0 saturated heterocycles. The first-order chi connectivity index (χ1) is 14.5. The topological polar surface area (TPSA) is 85.6 Å². The van der Waals surface area contributed by atoms with Crippen molar-refractivity contribution < 1.29 is 9.47 Å². The smallest absolute Gasteiger partial charge is 0.191 e. The lowest BCUT2D eigenvalue weighted by Crippen LogP contribution is -2.37. The zero-order valence-corrected chi connectivity index (χ0v) is 22.4. The Labute approximate surface area is 207 Å². The van der Waals surface area contributed by atoms with Crippen molar-refractivity contribution in [3.05, 3.63) is 29.6 Å². The molecular formula is C21H35IN6O2S. The minimum absolute atomic E-state index is 0. The van der Waals surface area contributed by atoms with Crippen LogP contribution in [-0.2, 0) is 19.5 Å². The van der Waals surface area contributed by atoms with E-state index < -0.39 is 0 Å². The second kappa shape index (κ2) is 14.4. The van der Waals surface area contributed by atoms with Crippen molar-refractivity contribution in [1.82, 2.24) is 25.4 Å². The predicted octanol–water partition coefficient (Wildman–Crippen LogP) is 3.59. The van der Waals surface area contributed by atoms with Crippen LogP contribution in [0, 0.1) is 5.92 Å². The van der Waals surface area contributed by atoms with E-state index in [1.165, 1.54) is 0 Å². The Morgan fingerprint density at radius 3 is 2.58 bits per heavy atom. The summed E-state index contributed by atoms with van der Waals surface area (Å²) in [6, 6.07) is 5.79. The van der Waals surface area contributed by atoms with Crippen LogP contribution in [0.25, 0.3) is 0 Å². The summed E-state index contributed by atoms with van der Waals surface area (Å²) in [7, 11) is 5.07. The Hall–Kier alpha value is -1.69. The number of hydrogen-bond donors (Lipinski definition) is 2. The van der Waals surface area contributed by atoms with Crippen LogP contribution < -0.4 is 20.1 Å². The summed E-state index contributed by atoms with van der Waals surface area (Å²) in [6.45, 7) is 6.76. The molecule has 0 fully saturated rings. The number of benzene rings is 1. The SMILES string of the molecule is CN=C(NCCCc1nnc(SC)n1CC(C)C)NCc1ccc(OC)cc1OC.I. The normalized spacial score (nSPS) is 11.3. The molecule has 0 radical (unpaired) electrons. The van der Waals surface area contributed by atoms with Crippen LogP contribution >= 0.6 is 35.7 Å². The van der Waals surface area contributed by atoms with Crippen molar-refractivity contribution in [3.8, 4) is 11.5 Å². The number of ether oxygens (including phenoxy) is 2. The van der Waals surface area contributed by atoms with Gasteiger partial charge in [0, 0.05) is 44.7 Å². The molecule has 8 nitrogen and oxygen atoms in total. The summed E-state index contributed by atoms with van der Waals surface area (Å²) in [5, 5.41) is 16.4. The number of aliphatic imine (C=N–C) groups is 1. The Morgan fingerprint density at radius 2 is 1.97 bits per heavy atom. The van der Waals surface area contributed by atoms with E-state index in [4.69, 9.17) is 9.47 Å². The number of halogens is 1. The second-order valence-corrected chi connectivity index (χ2v) is 8.01. The summed E-state index contributed by atoms with van der Waals surface area (Å²) in [5.74, 6) is 3.91. The minimum Gasteiger partial charge on any atom is -0.497 e. The monoisotopic (exact) mass is 562 g/mol. The quantitative estimate of drug-likeness (QED) is 0.142. The molecule has 0 saturated carbocycles. The summed E-state index contributed by atoms with van der Waals surface area (Å²) in [5.41, 5.74) is 1.03. The number of thioether (sulfide) groups is 1. The van der Waals surface area contributed by atoms with Crippen molar-refractivity contribution in [1.29, 1.82) is 0 Å². The van der Waals surface area contributed by atoms with E-state index in [-0.39, 0.29) is 24.0 Å². The Kier molecular flexibility index (Phi) is 12.7. The van der Waals surface area contributed by atoms with Crippen LogP contribution in [0.4, 0.5) is 0 Å². The first-order valence-corrected chi connectivity index (χ1v) is 11.4. The van der Waals surface area contributed by atoms with Gasteiger partial charge in [-0.15, -0.1) is 34.2 Å². The number of hydrogen-bond acceptors (Lipinski definition) is 6. The maximum absolute atomic E-state index is 5.45. The van der Waals surface area contributed by atoms with E-state index in [2.05, 4.69) is 44.2 Å². The van der Waals surface area contributed by atoms with Gasteiger partial charge in [-0.3, -0.25) is 4.99 Å². The third-order valence-corrected chi connectivity index (χ3v) is 5.22. The van der Waals surface area contributed by atoms with Gasteiger partial charge in [-0.2, -0.15) is 0 Å². The average molecular weight is 563 g/mol. The fourth-order valence-electron chi connectivity index (χ4n) is 3.05. The molecule has 0 spiro atoms. The molecule has 2 rings (SSSR count). The number of aryl methyl sites for hydroxylation is 1. The molecule has 0 atom stereocenters. The number of nitrogens with zero attached hydrogens (tertiary/aromatic N) is 4. The van der Waals surface area contributed by atoms with Crippen LogP contribution in [0.5, 0.6) is 11.5 Å². The number of methoxy groups -OCH3 is 2. The number of aromatic nitrogens is 3. The van der Waals surface area contributed by atoms with Gasteiger partial charge in [-0.25, -0.2) is 0 Å². The fourth-order valence-corrected chi connectivity index (χ4v) is 3.58. The highest BCUT2D eigenvalue weighted by Crippen LogP contribution is 2.24. The highest BCUT2D eigenvalue weighted by atomic mass is 127. The third-order valence-electron chi connectivity index (χ3n) is 4.56. The van der Waals surface area contributed by atoms with Gasteiger partial charge in [0.15, 0.2) is 11.1 Å². The molecule has 31 heavy (non-hydrogen) atoms. The van der Waals surface area contributed by atoms with Crippen molar-refractivity contribution in [2.24, 2.45) is 10.9 Å². The zero-order valence-electron chi connectivity index (χ0n) is 19.3. The lowest BCUT2D eigenvalue weighted by Gasteiger charge is -2.15. The van der Waals surface area contributed by atoms with Crippen LogP contribution in [0.15, 0.2) is 28.3 Å². The van der Waals surface area contributed by atoms with Gasteiger partial charge < -0.3 is 24.7 Å². The van der Waals surface area contributed by atoms with Crippen LogP contribution in [0.2, 0.25) is 0 Å². The van der Waals surface area contributed by atoms with Gasteiger partial charge in [-0.05, 0) is 30.7 Å². The highest BCUT2D eigenvalue weighted by molar-refractivity contribution is 14.0. The van der Waals surface area contributed by atoms with Crippen LogP contribution in [0.3, 0.4) is 0 Å². The molecule has 1 heterocycles. The summed E-state index contributed by atoms with van der Waals surface area (Å²) >= 11 is 1.64. The third kappa shape index (κ3) is 8.40. The van der Waals surface area contributed by atoms with E-state index in [0.717, 1.165) is 59.9 Å². The van der Waals surface area contributed by atoms with E-state index in [1.807, 2.05) is 24.5 Å². The summed E-state index contributed by atoms with van der Waals surface area (Å²) < 4.78 is 12.9. The van der Waals surface area contributed by atoms with Crippen molar-refractivity contribution in [2.75, 3.05) is 34.1 Å². The molecule has 0 aliphatic rings. The predicted molar refractivity (Wildman–Crippen MR) is 138 cm³/mol. The van der Waals surface area contributed by atoms with Crippen molar-refractivity contribution in [2.45, 2.75) is 44.9 Å². The molecule has 1 aromatic carbocycles. The van der Waals surface area contributed by atoms with Gasteiger partial charge in [0.2, 0.25) is 0 Å². The Bertz CT molecular complexity index is 828. The van der Waals surface area contributed by atoms with Gasteiger partial charge in [0.05, 0.1) is 14.2 Å². The minimum atomic E-state index is 0. The maximum atomic E-state index is 5.45. The lowest BCUT2D eigenvalue weighted by molar-refractivity contribution is 0.390. The molecule has 1 aromatic heterocycles. The van der Waals surface area contributed by atoms with Crippen LogP contribution in [0.1, 0.15) is 31.7 Å². The Balaban J connectivity index is 0.00000480. The number of nitrogens with one attached hydrogen (secondary N) is 2. The molecule has 0 aliphatic heterocycles. The molecule has 2 aromatic rings. The molecule has 0 unspecified atom stereocenters. The summed E-state index contributed by atoms with van der Waals surface area (Å²) in [6.07, 6.45) is 3.85. The van der Waals surface area contributed by atoms with Crippen molar-refractivity contribution in [3.63, 3.8) is 0 Å². The zero-order chi connectivity index (χ0) is 21.9. The van der Waals surface area contributed by atoms with Gasteiger partial charge >= 0.3 is 0 Å². The van der Waals surface area contributed by atoms with E-state index in [1.54, 1.807) is 33.0 Å². The largest absolute Gasteiger partial charge is 0.497 e. The first-order valence-electron chi connectivity index (χ1n) is 10.1. The summed E-state index contributed by atoms with van der Waals surface area (Å²) in [4.78, 5) is 4.30. The standard InChI is InChI=1S/C21H34N6O2S.HI/c1-15(2)14-27-19(25-26-21(27)30-6)8-7-11-23-20(22-3)24-13-16-9-10-17(28-4)12-18(16)29-5;/h9-10,12,15H,7-8,11,13-14H2,1-6H3,(H2,22,23,24);1H. The lowest BCUT2D eigenvalue weighted by atomic mass is 10.2. The highest BCUT2D eigenvalue weighted by Gasteiger charge is 2.12. The average Bonchev–Trinajstić information content (AvgIpc) is 3.13. The molecule has 0 bridgehead atoms. The molecule has 174 valence electrons. The second-order valence-electron chi connectivity index (χ2n) is 7.24. The van der Waals surface area contributed by atoms with Crippen LogP contribution in [-0.4, -0.2) is 54.8 Å². The fraction of sp³-hybridized carbons (Fsp3) is 0.571. The Morgan fingerprint density at radius 1 is 1.19 bits per heavy atom. The first kappa shape index (κ1) is 27.3. The molecular weight excluding hydrogens is 527 g/mol. The van der Waals surface area contributed by atoms with E-state index >= 15 is 0 Å². The molecule has 0 aliphatic carbocycles. The molecule has 0 amide bonds. The number of guanidine groups is 1. The molecule has 10 heteroatoms. The molecule has 2 N–H and O–H groups in total. The van der Waals surface area contributed by atoms with E-state index in [9.17, 15) is 0 Å². The maximum Gasteiger partial charge on any atom is 0.191 e. The number of rotatable bonds is 11. The van der Waals surface area contributed by atoms with Gasteiger partial charge in [0.1, 0.15) is 17.3 Å².